The van der Waals surface area contributed by atoms with E-state index in [1.54, 1.807) is 6.92 Å². The number of nitro benzene ring substituents is 1. The highest BCUT2D eigenvalue weighted by Crippen LogP contribution is 2.30. The molecular formula is C12H9F2N3O4. The van der Waals surface area contributed by atoms with Crippen molar-refractivity contribution >= 4 is 5.69 Å². The third-order valence-electron chi connectivity index (χ3n) is 2.85. The van der Waals surface area contributed by atoms with Crippen LogP contribution < -0.4 is 5.56 Å². The minimum Gasteiger partial charge on any atom is -0.493 e. The lowest BCUT2D eigenvalue weighted by Gasteiger charge is -2.07. The van der Waals surface area contributed by atoms with Gasteiger partial charge in [0.15, 0.2) is 0 Å². The number of hydrogen-bond donors (Lipinski definition) is 2. The summed E-state index contributed by atoms with van der Waals surface area (Å²) >= 11 is 0. The van der Waals surface area contributed by atoms with Crippen molar-refractivity contribution in [3.8, 4) is 17.3 Å². The number of H-pyrrole nitrogens is 1. The molecular weight excluding hydrogens is 288 g/mol. The highest BCUT2D eigenvalue weighted by molar-refractivity contribution is 5.62. The molecule has 0 bridgehead atoms. The van der Waals surface area contributed by atoms with E-state index in [0.717, 1.165) is 0 Å². The van der Waals surface area contributed by atoms with E-state index in [-0.39, 0.29) is 12.0 Å². The van der Waals surface area contributed by atoms with Crippen LogP contribution in [0.1, 0.15) is 12.5 Å². The van der Waals surface area contributed by atoms with Crippen LogP contribution in [0.2, 0.25) is 0 Å². The Labute approximate surface area is 116 Å². The molecule has 7 nitrogen and oxygen atoms in total. The van der Waals surface area contributed by atoms with Gasteiger partial charge >= 0.3 is 5.69 Å². The second kappa shape index (κ2) is 5.27. The van der Waals surface area contributed by atoms with Crippen molar-refractivity contribution in [2.75, 3.05) is 0 Å². The third-order valence-corrected chi connectivity index (χ3v) is 2.85. The molecule has 110 valence electrons. The molecule has 0 saturated carbocycles. The number of aromatic hydroxyl groups is 1. The van der Waals surface area contributed by atoms with Gasteiger partial charge in [-0.1, -0.05) is 6.92 Å². The van der Waals surface area contributed by atoms with Crippen LogP contribution >= 0.6 is 0 Å². The maximum atomic E-state index is 14.0. The first-order valence-corrected chi connectivity index (χ1v) is 5.81. The van der Waals surface area contributed by atoms with E-state index in [1.807, 2.05) is 0 Å². The monoisotopic (exact) mass is 297 g/mol. The summed E-state index contributed by atoms with van der Waals surface area (Å²) in [5, 5.41) is 20.2. The summed E-state index contributed by atoms with van der Waals surface area (Å²) in [5.74, 6) is -3.92. The minimum absolute atomic E-state index is 0.0509. The van der Waals surface area contributed by atoms with Crippen molar-refractivity contribution in [3.63, 3.8) is 0 Å². The van der Waals surface area contributed by atoms with E-state index in [2.05, 4.69) is 9.97 Å². The number of aromatic amines is 1. The van der Waals surface area contributed by atoms with E-state index in [1.165, 1.54) is 0 Å². The second-order valence-electron chi connectivity index (χ2n) is 4.08. The Morgan fingerprint density at radius 3 is 2.62 bits per heavy atom. The van der Waals surface area contributed by atoms with Gasteiger partial charge in [-0.3, -0.25) is 14.9 Å². The number of halogens is 2. The zero-order chi connectivity index (χ0) is 15.7. The van der Waals surface area contributed by atoms with E-state index in [9.17, 15) is 28.8 Å². The van der Waals surface area contributed by atoms with Gasteiger partial charge in [-0.2, -0.15) is 9.37 Å². The van der Waals surface area contributed by atoms with E-state index < -0.39 is 45.1 Å². The smallest absolute Gasteiger partial charge is 0.305 e. The van der Waals surface area contributed by atoms with Crippen LogP contribution in [0.5, 0.6) is 5.88 Å². The molecule has 0 amide bonds. The fourth-order valence-corrected chi connectivity index (χ4v) is 1.82. The van der Waals surface area contributed by atoms with Crippen molar-refractivity contribution in [2.24, 2.45) is 0 Å². The molecule has 1 heterocycles. The van der Waals surface area contributed by atoms with Gasteiger partial charge in [0, 0.05) is 6.07 Å². The number of hydrogen-bond acceptors (Lipinski definition) is 5. The Morgan fingerprint density at radius 2 is 2.10 bits per heavy atom. The zero-order valence-electron chi connectivity index (χ0n) is 10.7. The summed E-state index contributed by atoms with van der Waals surface area (Å²) in [7, 11) is 0. The molecule has 1 aromatic carbocycles. The van der Waals surface area contributed by atoms with Gasteiger partial charge in [0.1, 0.15) is 11.6 Å². The Bertz CT molecular complexity index is 789. The molecule has 0 atom stereocenters. The maximum Gasteiger partial charge on any atom is 0.305 e. The molecule has 0 unspecified atom stereocenters. The fraction of sp³-hybridized carbons (Fsp3) is 0.167. The predicted molar refractivity (Wildman–Crippen MR) is 67.9 cm³/mol. The summed E-state index contributed by atoms with van der Waals surface area (Å²) in [6.45, 7) is 1.58. The van der Waals surface area contributed by atoms with Crippen molar-refractivity contribution in [1.82, 2.24) is 9.97 Å². The Kier molecular flexibility index (Phi) is 3.66. The number of nitrogens with one attached hydrogen (secondary N) is 1. The van der Waals surface area contributed by atoms with Gasteiger partial charge in [-0.05, 0) is 12.5 Å². The van der Waals surface area contributed by atoms with Crippen molar-refractivity contribution < 1.29 is 18.8 Å². The highest BCUT2D eigenvalue weighted by Gasteiger charge is 2.25. The molecule has 0 spiro atoms. The average molecular weight is 297 g/mol. The van der Waals surface area contributed by atoms with Crippen molar-refractivity contribution in [2.45, 2.75) is 13.3 Å². The second-order valence-corrected chi connectivity index (χ2v) is 4.08. The fourth-order valence-electron chi connectivity index (χ4n) is 1.82. The maximum absolute atomic E-state index is 14.0. The van der Waals surface area contributed by atoms with Crippen LogP contribution in [-0.4, -0.2) is 20.0 Å². The summed E-state index contributed by atoms with van der Waals surface area (Å²) in [5.41, 5.74) is -2.66. The molecule has 2 N–H and O–H groups in total. The molecule has 0 fully saturated rings. The summed E-state index contributed by atoms with van der Waals surface area (Å²) in [6, 6.07) is 1.34. The number of benzene rings is 1. The van der Waals surface area contributed by atoms with Crippen molar-refractivity contribution in [1.29, 1.82) is 0 Å². The Balaban J connectivity index is 2.76. The number of nitrogens with zero attached hydrogens (tertiary/aromatic N) is 2. The number of aromatic nitrogens is 2. The Morgan fingerprint density at radius 1 is 1.43 bits per heavy atom. The molecule has 2 rings (SSSR count). The minimum atomic E-state index is -1.48. The third kappa shape index (κ3) is 2.45. The molecule has 0 saturated heterocycles. The first-order chi connectivity index (χ1) is 9.86. The van der Waals surface area contributed by atoms with E-state index >= 15 is 0 Å². The SMILES string of the molecule is CCc1c(O)nc(-c2c(F)ccc([N+](=O)[O-])c2F)[nH]c1=O. The lowest BCUT2D eigenvalue weighted by Crippen LogP contribution is -2.15. The number of rotatable bonds is 3. The first-order valence-electron chi connectivity index (χ1n) is 5.81. The summed E-state index contributed by atoms with van der Waals surface area (Å²) in [4.78, 5) is 26.9. The van der Waals surface area contributed by atoms with Crippen LogP contribution in [0, 0.1) is 21.7 Å². The highest BCUT2D eigenvalue weighted by atomic mass is 19.1. The predicted octanol–water partition coefficient (Wildman–Crippen LogP) is 1.89. The largest absolute Gasteiger partial charge is 0.493 e. The summed E-state index contributed by atoms with van der Waals surface area (Å²) in [6.07, 6.45) is 0.161. The van der Waals surface area contributed by atoms with Crippen LogP contribution in [0.25, 0.3) is 11.4 Å². The molecule has 2 aromatic rings. The van der Waals surface area contributed by atoms with E-state index in [4.69, 9.17) is 0 Å². The van der Waals surface area contributed by atoms with Gasteiger partial charge in [-0.15, -0.1) is 0 Å². The summed E-state index contributed by atoms with van der Waals surface area (Å²) < 4.78 is 27.7. The molecule has 0 radical (unpaired) electrons. The topological polar surface area (TPSA) is 109 Å². The van der Waals surface area contributed by atoms with Crippen molar-refractivity contribution in [3.05, 3.63) is 49.8 Å². The lowest BCUT2D eigenvalue weighted by atomic mass is 10.1. The molecule has 21 heavy (non-hydrogen) atoms. The van der Waals surface area contributed by atoms with Gasteiger partial charge < -0.3 is 10.1 Å². The van der Waals surface area contributed by atoms with E-state index in [0.29, 0.717) is 12.1 Å². The molecule has 1 aromatic heterocycles. The van der Waals surface area contributed by atoms with Crippen LogP contribution in [0.4, 0.5) is 14.5 Å². The lowest BCUT2D eigenvalue weighted by molar-refractivity contribution is -0.387. The van der Waals surface area contributed by atoms with Crippen LogP contribution in [0.3, 0.4) is 0 Å². The molecule has 0 aliphatic carbocycles. The van der Waals surface area contributed by atoms with Crippen LogP contribution in [-0.2, 0) is 6.42 Å². The average Bonchev–Trinajstić information content (AvgIpc) is 2.38. The van der Waals surface area contributed by atoms with Gasteiger partial charge in [-0.25, -0.2) is 4.39 Å². The molecule has 0 aliphatic heterocycles. The van der Waals surface area contributed by atoms with Gasteiger partial charge in [0.2, 0.25) is 11.7 Å². The zero-order valence-corrected chi connectivity index (χ0v) is 10.7. The van der Waals surface area contributed by atoms with Crippen LogP contribution in [0.15, 0.2) is 16.9 Å². The number of nitro groups is 1. The quantitative estimate of drug-likeness (QED) is 0.664. The Hall–Kier alpha value is -2.84. The van der Waals surface area contributed by atoms with Gasteiger partial charge in [0.25, 0.3) is 5.56 Å². The standard InChI is InChI=1S/C12H9F2N3O4/c1-2-5-11(18)15-10(16-12(5)19)8-6(13)3-4-7(9(8)14)17(20)21/h3-4H,2H2,1H3,(H2,15,16,18,19). The van der Waals surface area contributed by atoms with Gasteiger partial charge in [0.05, 0.1) is 16.1 Å². The first kappa shape index (κ1) is 14.6. The normalized spacial score (nSPS) is 10.6. The molecule has 9 heteroatoms. The molecule has 0 aliphatic rings.